The number of hydrogen-bond acceptors (Lipinski definition) is 5. The number of benzene rings is 2. The van der Waals surface area contributed by atoms with E-state index in [0.29, 0.717) is 43.7 Å². The molecule has 31 heavy (non-hydrogen) atoms. The fourth-order valence-electron chi connectivity index (χ4n) is 3.64. The predicted octanol–water partition coefficient (Wildman–Crippen LogP) is 2.94. The highest BCUT2D eigenvalue weighted by Crippen LogP contribution is 2.30. The van der Waals surface area contributed by atoms with E-state index in [-0.39, 0.29) is 30.4 Å². The largest absolute Gasteiger partial charge is 0.494 e. The first-order chi connectivity index (χ1) is 15.0. The molecule has 2 aromatic rings. The van der Waals surface area contributed by atoms with Crippen LogP contribution in [0.2, 0.25) is 0 Å². The number of nitrogens with one attached hydrogen (secondary N) is 3. The SMILES string of the molecule is CC(NC(=O)CCCOc1ccc2c(c1)CCC(=O)N2)c1ccc2c(c1)NC(=O)CO2. The number of rotatable bonds is 7. The van der Waals surface area contributed by atoms with E-state index in [1.165, 1.54) is 0 Å². The summed E-state index contributed by atoms with van der Waals surface area (Å²) in [5.74, 6) is 1.15. The van der Waals surface area contributed by atoms with Gasteiger partial charge in [-0.3, -0.25) is 14.4 Å². The maximum Gasteiger partial charge on any atom is 0.262 e. The number of hydrogen-bond donors (Lipinski definition) is 3. The van der Waals surface area contributed by atoms with Crippen molar-refractivity contribution in [2.45, 2.75) is 38.6 Å². The second kappa shape index (κ2) is 9.07. The maximum absolute atomic E-state index is 12.3. The molecular weight excluding hydrogens is 398 g/mol. The maximum atomic E-state index is 12.3. The Balaban J connectivity index is 1.22. The van der Waals surface area contributed by atoms with Gasteiger partial charge in [0.15, 0.2) is 6.61 Å². The summed E-state index contributed by atoms with van der Waals surface area (Å²) in [5.41, 5.74) is 3.41. The van der Waals surface area contributed by atoms with E-state index < -0.39 is 0 Å². The molecule has 8 nitrogen and oxygen atoms in total. The third kappa shape index (κ3) is 5.14. The summed E-state index contributed by atoms with van der Waals surface area (Å²) < 4.78 is 11.1. The second-order valence-corrected chi connectivity index (χ2v) is 7.70. The minimum atomic E-state index is -0.201. The zero-order valence-electron chi connectivity index (χ0n) is 17.3. The lowest BCUT2D eigenvalue weighted by Crippen LogP contribution is -2.28. The lowest BCUT2D eigenvalue weighted by Gasteiger charge is -2.21. The molecule has 2 aliphatic rings. The van der Waals surface area contributed by atoms with E-state index in [4.69, 9.17) is 9.47 Å². The van der Waals surface area contributed by atoms with Crippen molar-refractivity contribution < 1.29 is 23.9 Å². The quantitative estimate of drug-likeness (QED) is 0.594. The Morgan fingerprint density at radius 1 is 1.10 bits per heavy atom. The summed E-state index contributed by atoms with van der Waals surface area (Å²) in [6.45, 7) is 2.34. The number of carbonyl (C=O) groups excluding carboxylic acids is 3. The molecule has 0 aliphatic carbocycles. The normalized spacial score (nSPS) is 15.5. The Bertz CT molecular complexity index is 1020. The van der Waals surface area contributed by atoms with Gasteiger partial charge in [-0.2, -0.15) is 0 Å². The molecule has 162 valence electrons. The van der Waals surface area contributed by atoms with E-state index in [0.717, 1.165) is 22.6 Å². The number of fused-ring (bicyclic) bond motifs is 2. The van der Waals surface area contributed by atoms with Crippen LogP contribution in [0.3, 0.4) is 0 Å². The molecule has 3 amide bonds. The van der Waals surface area contributed by atoms with Crippen molar-refractivity contribution in [1.29, 1.82) is 0 Å². The smallest absolute Gasteiger partial charge is 0.262 e. The van der Waals surface area contributed by atoms with Crippen molar-refractivity contribution in [1.82, 2.24) is 5.32 Å². The highest BCUT2D eigenvalue weighted by Gasteiger charge is 2.18. The molecule has 0 spiro atoms. The molecule has 2 aromatic carbocycles. The Labute approximate surface area is 180 Å². The predicted molar refractivity (Wildman–Crippen MR) is 115 cm³/mol. The minimum Gasteiger partial charge on any atom is -0.494 e. The minimum absolute atomic E-state index is 0.0166. The summed E-state index contributed by atoms with van der Waals surface area (Å²) in [6, 6.07) is 10.9. The van der Waals surface area contributed by atoms with Crippen LogP contribution in [0.4, 0.5) is 11.4 Å². The van der Waals surface area contributed by atoms with Crippen molar-refractivity contribution in [2.24, 2.45) is 0 Å². The first-order valence-corrected chi connectivity index (χ1v) is 10.4. The van der Waals surface area contributed by atoms with Crippen LogP contribution in [0, 0.1) is 0 Å². The molecule has 0 aromatic heterocycles. The van der Waals surface area contributed by atoms with Crippen molar-refractivity contribution in [3.05, 3.63) is 47.5 Å². The summed E-state index contributed by atoms with van der Waals surface area (Å²) >= 11 is 0. The number of ether oxygens (including phenoxy) is 2. The number of amides is 3. The topological polar surface area (TPSA) is 106 Å². The van der Waals surface area contributed by atoms with Crippen LogP contribution < -0.4 is 25.4 Å². The van der Waals surface area contributed by atoms with E-state index in [1.54, 1.807) is 6.07 Å². The van der Waals surface area contributed by atoms with Gasteiger partial charge in [-0.25, -0.2) is 0 Å². The zero-order valence-corrected chi connectivity index (χ0v) is 17.3. The van der Waals surface area contributed by atoms with Crippen molar-refractivity contribution in [2.75, 3.05) is 23.8 Å². The fourth-order valence-corrected chi connectivity index (χ4v) is 3.64. The standard InChI is InChI=1S/C23H25N3O5/c1-14(15-4-8-20-19(12-15)26-23(29)13-31-20)24-21(27)3-2-10-30-17-6-7-18-16(11-17)5-9-22(28)25-18/h4,6-8,11-12,14H,2-3,5,9-10,13H2,1H3,(H,24,27)(H,25,28)(H,26,29). The molecule has 3 N–H and O–H groups in total. The van der Waals surface area contributed by atoms with Crippen LogP contribution in [-0.2, 0) is 20.8 Å². The van der Waals surface area contributed by atoms with Crippen molar-refractivity contribution in [3.63, 3.8) is 0 Å². The van der Waals surface area contributed by atoms with Crippen LogP contribution in [0.1, 0.15) is 43.4 Å². The Kier molecular flexibility index (Phi) is 6.06. The third-order valence-corrected chi connectivity index (χ3v) is 5.30. The monoisotopic (exact) mass is 423 g/mol. The number of carbonyl (C=O) groups is 3. The fraction of sp³-hybridized carbons (Fsp3) is 0.348. The lowest BCUT2D eigenvalue weighted by atomic mass is 10.0. The van der Waals surface area contributed by atoms with Crippen LogP contribution in [-0.4, -0.2) is 30.9 Å². The molecule has 0 bridgehead atoms. The Hall–Kier alpha value is -3.55. The van der Waals surface area contributed by atoms with Crippen LogP contribution in [0.15, 0.2) is 36.4 Å². The molecule has 0 fully saturated rings. The molecule has 2 aliphatic heterocycles. The highest BCUT2D eigenvalue weighted by atomic mass is 16.5. The van der Waals surface area contributed by atoms with Gasteiger partial charge < -0.3 is 25.4 Å². The highest BCUT2D eigenvalue weighted by molar-refractivity contribution is 5.95. The van der Waals surface area contributed by atoms with Crippen LogP contribution in [0.25, 0.3) is 0 Å². The molecule has 4 rings (SSSR count). The van der Waals surface area contributed by atoms with Gasteiger partial charge in [-0.1, -0.05) is 6.07 Å². The molecule has 8 heteroatoms. The van der Waals surface area contributed by atoms with E-state index in [9.17, 15) is 14.4 Å². The molecule has 1 atom stereocenters. The second-order valence-electron chi connectivity index (χ2n) is 7.70. The van der Waals surface area contributed by atoms with Gasteiger partial charge in [0.25, 0.3) is 5.91 Å². The molecule has 2 heterocycles. The van der Waals surface area contributed by atoms with E-state index in [1.807, 2.05) is 37.3 Å². The molecular formula is C23H25N3O5. The summed E-state index contributed by atoms with van der Waals surface area (Å²) in [4.78, 5) is 35.2. The first-order valence-electron chi connectivity index (χ1n) is 10.4. The average Bonchev–Trinajstić information content (AvgIpc) is 2.76. The molecule has 1 unspecified atom stereocenters. The van der Waals surface area contributed by atoms with Gasteiger partial charge in [-0.15, -0.1) is 0 Å². The van der Waals surface area contributed by atoms with Crippen molar-refractivity contribution in [3.8, 4) is 11.5 Å². The Morgan fingerprint density at radius 2 is 1.94 bits per heavy atom. The van der Waals surface area contributed by atoms with Crippen LogP contribution >= 0.6 is 0 Å². The summed E-state index contributed by atoms with van der Waals surface area (Å²) in [5, 5.41) is 8.59. The van der Waals surface area contributed by atoms with E-state index >= 15 is 0 Å². The lowest BCUT2D eigenvalue weighted by molar-refractivity contribution is -0.122. The van der Waals surface area contributed by atoms with Gasteiger partial charge in [-0.05, 0) is 61.2 Å². The first kappa shape index (κ1) is 20.7. The third-order valence-electron chi connectivity index (χ3n) is 5.30. The summed E-state index contributed by atoms with van der Waals surface area (Å²) in [6.07, 6.45) is 2.12. The number of anilines is 2. The van der Waals surface area contributed by atoms with Gasteiger partial charge in [0.2, 0.25) is 11.8 Å². The molecule has 0 saturated heterocycles. The number of aryl methyl sites for hydroxylation is 1. The van der Waals surface area contributed by atoms with Gasteiger partial charge >= 0.3 is 0 Å². The van der Waals surface area contributed by atoms with Gasteiger partial charge in [0.1, 0.15) is 11.5 Å². The van der Waals surface area contributed by atoms with Crippen molar-refractivity contribution >= 4 is 29.1 Å². The molecule has 0 saturated carbocycles. The van der Waals surface area contributed by atoms with E-state index in [2.05, 4.69) is 16.0 Å². The Morgan fingerprint density at radius 3 is 2.81 bits per heavy atom. The van der Waals surface area contributed by atoms with Gasteiger partial charge in [0.05, 0.1) is 18.3 Å². The average molecular weight is 423 g/mol. The molecule has 0 radical (unpaired) electrons. The van der Waals surface area contributed by atoms with Crippen LogP contribution in [0.5, 0.6) is 11.5 Å². The summed E-state index contributed by atoms with van der Waals surface area (Å²) in [7, 11) is 0. The van der Waals surface area contributed by atoms with Gasteiger partial charge in [0, 0.05) is 18.5 Å². The zero-order chi connectivity index (χ0) is 21.8.